The van der Waals surface area contributed by atoms with Gasteiger partial charge >= 0.3 is 12.0 Å². The van der Waals surface area contributed by atoms with Gasteiger partial charge < -0.3 is 15.0 Å². The normalized spacial score (nSPS) is 17.2. The molecule has 1 heterocycles. The van der Waals surface area contributed by atoms with E-state index in [2.05, 4.69) is 10.6 Å². The Balaban J connectivity index is 1.86. The number of nitrogens with one attached hydrogen (secondary N) is 2. The lowest BCUT2D eigenvalue weighted by Crippen LogP contribution is -2.44. The predicted molar refractivity (Wildman–Crippen MR) is 104 cm³/mol. The molecule has 1 aliphatic heterocycles. The zero-order valence-corrected chi connectivity index (χ0v) is 16.5. The van der Waals surface area contributed by atoms with E-state index in [0.29, 0.717) is 0 Å². The lowest BCUT2D eigenvalue weighted by Gasteiger charge is -2.19. The smallest absolute Gasteiger partial charge is 0.321 e. The molecule has 1 aliphatic rings. The fourth-order valence-electron chi connectivity index (χ4n) is 2.95. The van der Waals surface area contributed by atoms with Gasteiger partial charge in [-0.05, 0) is 31.4 Å². The van der Waals surface area contributed by atoms with Crippen molar-refractivity contribution in [2.24, 2.45) is 5.92 Å². The molecule has 8 nitrogen and oxygen atoms in total. The molecule has 152 valence electrons. The minimum absolute atomic E-state index is 0.0347. The van der Waals surface area contributed by atoms with Gasteiger partial charge in [-0.15, -0.1) is 0 Å². The number of amides is 4. The molecular formula is C20H27N3O5. The molecule has 2 rings (SSSR count). The third-order valence-electron chi connectivity index (χ3n) is 4.71. The molecule has 0 unspecified atom stereocenters. The van der Waals surface area contributed by atoms with Gasteiger partial charge in [0.25, 0.3) is 5.91 Å². The van der Waals surface area contributed by atoms with Crippen molar-refractivity contribution in [2.75, 3.05) is 18.1 Å². The summed E-state index contributed by atoms with van der Waals surface area (Å²) in [6.45, 7) is 5.36. The predicted octanol–water partition coefficient (Wildman–Crippen LogP) is 1.77. The number of esters is 1. The number of hydrogen-bond acceptors (Lipinski definition) is 5. The monoisotopic (exact) mass is 389 g/mol. The number of nitrogens with zero attached hydrogens (tertiary/aromatic N) is 1. The molecule has 1 fully saturated rings. The van der Waals surface area contributed by atoms with Crippen LogP contribution in [-0.4, -0.2) is 43.0 Å². The number of anilines is 1. The summed E-state index contributed by atoms with van der Waals surface area (Å²) < 4.78 is 5.00. The highest BCUT2D eigenvalue weighted by atomic mass is 16.5. The summed E-state index contributed by atoms with van der Waals surface area (Å²) in [7, 11) is 0. The van der Waals surface area contributed by atoms with E-state index >= 15 is 0 Å². The summed E-state index contributed by atoms with van der Waals surface area (Å²) in [4.78, 5) is 49.5. The lowest BCUT2D eigenvalue weighted by atomic mass is 10.1. The van der Waals surface area contributed by atoms with Gasteiger partial charge in [-0.25, -0.2) is 4.79 Å². The van der Waals surface area contributed by atoms with Gasteiger partial charge in [0.2, 0.25) is 5.91 Å². The fourth-order valence-corrected chi connectivity index (χ4v) is 2.95. The summed E-state index contributed by atoms with van der Waals surface area (Å²) >= 11 is 0. The van der Waals surface area contributed by atoms with Crippen molar-refractivity contribution in [1.82, 2.24) is 10.6 Å². The van der Waals surface area contributed by atoms with Crippen LogP contribution in [0.25, 0.3) is 0 Å². The first kappa shape index (κ1) is 21.4. The Hall–Kier alpha value is -2.90. The zero-order chi connectivity index (χ0) is 20.7. The summed E-state index contributed by atoms with van der Waals surface area (Å²) in [5.41, 5.74) is 1.82. The maximum absolute atomic E-state index is 12.4. The molecular weight excluding hydrogens is 362 g/mol. The molecule has 2 N–H and O–H groups in total. The Kier molecular flexibility index (Phi) is 7.54. The van der Waals surface area contributed by atoms with Crippen LogP contribution in [0.15, 0.2) is 24.3 Å². The number of hydrogen-bond donors (Lipinski definition) is 2. The molecule has 1 aromatic carbocycles. The van der Waals surface area contributed by atoms with Crippen LogP contribution in [0.2, 0.25) is 0 Å². The maximum Gasteiger partial charge on any atom is 0.321 e. The van der Waals surface area contributed by atoms with Crippen LogP contribution in [-0.2, 0) is 25.5 Å². The summed E-state index contributed by atoms with van der Waals surface area (Å²) in [6.07, 6.45) is 1.53. The fraction of sp³-hybridized carbons (Fsp3) is 0.500. The third kappa shape index (κ3) is 5.55. The Morgan fingerprint density at radius 3 is 2.64 bits per heavy atom. The average molecular weight is 389 g/mol. The second-order valence-electron chi connectivity index (χ2n) is 6.83. The maximum atomic E-state index is 12.4. The number of benzene rings is 1. The summed E-state index contributed by atoms with van der Waals surface area (Å²) in [5, 5.41) is 4.69. The van der Waals surface area contributed by atoms with Crippen molar-refractivity contribution in [2.45, 2.75) is 46.1 Å². The quantitative estimate of drug-likeness (QED) is 0.692. The van der Waals surface area contributed by atoms with E-state index in [4.69, 9.17) is 4.74 Å². The largest absolute Gasteiger partial charge is 0.455 e. The molecule has 2 atom stereocenters. The van der Waals surface area contributed by atoms with Gasteiger partial charge in [-0.1, -0.05) is 32.0 Å². The van der Waals surface area contributed by atoms with Crippen LogP contribution in [0.4, 0.5) is 10.5 Å². The third-order valence-corrected chi connectivity index (χ3v) is 4.71. The van der Waals surface area contributed by atoms with E-state index in [-0.39, 0.29) is 24.9 Å². The van der Waals surface area contributed by atoms with E-state index in [1.54, 1.807) is 4.90 Å². The molecule has 8 heteroatoms. The Labute approximate surface area is 164 Å². The number of urea groups is 1. The van der Waals surface area contributed by atoms with Gasteiger partial charge in [0.15, 0.2) is 6.61 Å². The van der Waals surface area contributed by atoms with Crippen LogP contribution in [0.5, 0.6) is 0 Å². The van der Waals surface area contributed by atoms with E-state index in [1.807, 2.05) is 45.0 Å². The molecule has 1 aromatic rings. The second-order valence-corrected chi connectivity index (χ2v) is 6.83. The Bertz CT molecular complexity index is 749. The molecule has 1 saturated heterocycles. The molecule has 0 aliphatic carbocycles. The van der Waals surface area contributed by atoms with Gasteiger partial charge in [0, 0.05) is 24.7 Å². The number of ether oxygens (including phenoxy) is 1. The van der Waals surface area contributed by atoms with Crippen LogP contribution in [0.1, 0.15) is 39.2 Å². The van der Waals surface area contributed by atoms with Gasteiger partial charge in [-0.2, -0.15) is 0 Å². The standard InChI is InChI=1S/C20H27N3O5/c1-4-13(3)21-20(27)22-17(24)12-28-19(26)15-10-18(25)23(11-15)16-9-7-6-8-14(16)5-2/h6-9,13,15H,4-5,10-12H2,1-3H3,(H2,21,22,24,27)/t13-,15+/m1/s1. The molecule has 28 heavy (non-hydrogen) atoms. The molecule has 0 radical (unpaired) electrons. The Morgan fingerprint density at radius 1 is 1.25 bits per heavy atom. The highest BCUT2D eigenvalue weighted by Gasteiger charge is 2.37. The SMILES string of the molecule is CCc1ccccc1N1C[C@@H](C(=O)OCC(=O)NC(=O)N[C@H](C)CC)CC1=O. The van der Waals surface area contributed by atoms with Crippen LogP contribution in [0.3, 0.4) is 0 Å². The second kappa shape index (κ2) is 9.87. The van der Waals surface area contributed by atoms with E-state index < -0.39 is 30.4 Å². The molecule has 0 bridgehead atoms. The Morgan fingerprint density at radius 2 is 1.96 bits per heavy atom. The van der Waals surface area contributed by atoms with Crippen molar-refractivity contribution >= 4 is 29.5 Å². The highest BCUT2D eigenvalue weighted by molar-refractivity contribution is 6.00. The van der Waals surface area contributed by atoms with Crippen molar-refractivity contribution < 1.29 is 23.9 Å². The first-order chi connectivity index (χ1) is 13.3. The van der Waals surface area contributed by atoms with E-state index in [0.717, 1.165) is 24.1 Å². The molecule has 4 amide bonds. The van der Waals surface area contributed by atoms with Crippen LogP contribution >= 0.6 is 0 Å². The first-order valence-corrected chi connectivity index (χ1v) is 9.50. The highest BCUT2D eigenvalue weighted by Crippen LogP contribution is 2.29. The zero-order valence-electron chi connectivity index (χ0n) is 16.5. The van der Waals surface area contributed by atoms with Crippen molar-refractivity contribution in [3.63, 3.8) is 0 Å². The molecule has 0 spiro atoms. The number of carbonyl (C=O) groups excluding carboxylic acids is 4. The first-order valence-electron chi connectivity index (χ1n) is 9.50. The number of imide groups is 1. The van der Waals surface area contributed by atoms with Crippen molar-refractivity contribution in [1.29, 1.82) is 0 Å². The van der Waals surface area contributed by atoms with Crippen molar-refractivity contribution in [3.8, 4) is 0 Å². The van der Waals surface area contributed by atoms with Gasteiger partial charge in [0.05, 0.1) is 5.92 Å². The minimum atomic E-state index is -0.716. The van der Waals surface area contributed by atoms with E-state index in [9.17, 15) is 19.2 Å². The van der Waals surface area contributed by atoms with Crippen LogP contribution in [0, 0.1) is 5.92 Å². The van der Waals surface area contributed by atoms with Crippen LogP contribution < -0.4 is 15.5 Å². The number of rotatable bonds is 7. The topological polar surface area (TPSA) is 105 Å². The number of aryl methyl sites for hydroxylation is 1. The number of carbonyl (C=O) groups is 4. The van der Waals surface area contributed by atoms with Gasteiger partial charge in [0.1, 0.15) is 0 Å². The average Bonchev–Trinajstić information content (AvgIpc) is 3.07. The molecule has 0 saturated carbocycles. The summed E-state index contributed by atoms with van der Waals surface area (Å²) in [6, 6.07) is 6.86. The lowest BCUT2D eigenvalue weighted by molar-refractivity contribution is -0.152. The molecule has 0 aromatic heterocycles. The van der Waals surface area contributed by atoms with Gasteiger partial charge in [-0.3, -0.25) is 19.7 Å². The van der Waals surface area contributed by atoms with Crippen molar-refractivity contribution in [3.05, 3.63) is 29.8 Å². The van der Waals surface area contributed by atoms with E-state index in [1.165, 1.54) is 0 Å². The number of para-hydroxylation sites is 1. The minimum Gasteiger partial charge on any atom is -0.455 e. The summed E-state index contributed by atoms with van der Waals surface area (Å²) in [5.74, 6) is -2.13.